The molecule has 0 aliphatic rings. The van der Waals surface area contributed by atoms with E-state index in [1.54, 1.807) is 19.1 Å². The number of esters is 1. The number of methoxy groups -OCH3 is 1. The molecule has 0 bridgehead atoms. The molecule has 0 radical (unpaired) electrons. The van der Waals surface area contributed by atoms with E-state index in [0.29, 0.717) is 5.02 Å². The van der Waals surface area contributed by atoms with Gasteiger partial charge in [-0.15, -0.1) is 0 Å². The Morgan fingerprint density at radius 3 is 2.47 bits per heavy atom. The summed E-state index contributed by atoms with van der Waals surface area (Å²) in [5.74, 6) is -0.324. The Labute approximate surface area is 94.2 Å². The maximum atomic E-state index is 11.1. The number of rotatable bonds is 3. The van der Waals surface area contributed by atoms with E-state index in [2.05, 4.69) is 4.74 Å². The molecule has 0 saturated heterocycles. The molecule has 15 heavy (non-hydrogen) atoms. The third-order valence-electron chi connectivity index (χ3n) is 2.24. The minimum Gasteiger partial charge on any atom is -0.469 e. The number of hydrogen-bond donors (Lipinski definition) is 1. The van der Waals surface area contributed by atoms with Gasteiger partial charge in [-0.3, -0.25) is 4.79 Å². The third kappa shape index (κ3) is 3.22. The molecule has 82 valence electrons. The monoisotopic (exact) mass is 227 g/mol. The predicted molar refractivity (Wildman–Crippen MR) is 59.6 cm³/mol. The smallest absolute Gasteiger partial charge is 0.307 e. The molecule has 0 saturated carbocycles. The lowest BCUT2D eigenvalue weighted by molar-refractivity contribution is -0.141. The van der Waals surface area contributed by atoms with Crippen molar-refractivity contribution in [3.8, 4) is 0 Å². The zero-order valence-electron chi connectivity index (χ0n) is 8.79. The molecule has 1 atom stereocenters. The summed E-state index contributed by atoms with van der Waals surface area (Å²) in [5.41, 5.74) is 6.15. The van der Waals surface area contributed by atoms with Gasteiger partial charge in [-0.1, -0.05) is 23.7 Å². The first-order valence-corrected chi connectivity index (χ1v) is 4.95. The zero-order chi connectivity index (χ0) is 11.5. The standard InChI is InChI=1S/C11H14ClNO2/c1-11(13,7-10(14)15-2)8-3-5-9(12)6-4-8/h3-6H,7,13H2,1-2H3. The van der Waals surface area contributed by atoms with Gasteiger partial charge >= 0.3 is 5.97 Å². The second-order valence-electron chi connectivity index (χ2n) is 3.68. The van der Waals surface area contributed by atoms with Crippen molar-refractivity contribution in [2.75, 3.05) is 7.11 Å². The summed E-state index contributed by atoms with van der Waals surface area (Å²) in [7, 11) is 1.35. The van der Waals surface area contributed by atoms with Crippen LogP contribution in [0.15, 0.2) is 24.3 Å². The van der Waals surface area contributed by atoms with Crippen molar-refractivity contribution in [2.45, 2.75) is 18.9 Å². The summed E-state index contributed by atoms with van der Waals surface area (Å²) >= 11 is 5.76. The Bertz CT molecular complexity index is 346. The molecule has 1 aromatic rings. The number of ether oxygens (including phenoxy) is 1. The molecule has 0 heterocycles. The van der Waals surface area contributed by atoms with Gasteiger partial charge < -0.3 is 10.5 Å². The van der Waals surface area contributed by atoms with Crippen molar-refractivity contribution in [2.24, 2.45) is 5.73 Å². The van der Waals surface area contributed by atoms with Crippen LogP contribution in [0.2, 0.25) is 5.02 Å². The average molecular weight is 228 g/mol. The highest BCUT2D eigenvalue weighted by Crippen LogP contribution is 2.23. The van der Waals surface area contributed by atoms with Crippen LogP contribution in [-0.4, -0.2) is 13.1 Å². The Morgan fingerprint density at radius 2 is 2.00 bits per heavy atom. The summed E-state index contributed by atoms with van der Waals surface area (Å²) in [6.45, 7) is 1.78. The van der Waals surface area contributed by atoms with E-state index in [9.17, 15) is 4.79 Å². The van der Waals surface area contributed by atoms with Gasteiger partial charge in [0.25, 0.3) is 0 Å². The Balaban J connectivity index is 2.85. The lowest BCUT2D eigenvalue weighted by Gasteiger charge is -2.23. The fourth-order valence-electron chi connectivity index (χ4n) is 1.30. The molecule has 2 N–H and O–H groups in total. The van der Waals surface area contributed by atoms with E-state index in [1.165, 1.54) is 7.11 Å². The van der Waals surface area contributed by atoms with Gasteiger partial charge in [0.15, 0.2) is 0 Å². The lowest BCUT2D eigenvalue weighted by atomic mass is 9.90. The van der Waals surface area contributed by atoms with Gasteiger partial charge in [-0.2, -0.15) is 0 Å². The SMILES string of the molecule is COC(=O)CC(C)(N)c1ccc(Cl)cc1. The van der Waals surface area contributed by atoms with Gasteiger partial charge in [0.05, 0.1) is 13.5 Å². The summed E-state index contributed by atoms with van der Waals surface area (Å²) in [5, 5.41) is 0.646. The Hall–Kier alpha value is -1.06. The first-order chi connectivity index (χ1) is 6.95. The molecule has 1 aromatic carbocycles. The van der Waals surface area contributed by atoms with E-state index in [1.807, 2.05) is 12.1 Å². The van der Waals surface area contributed by atoms with Gasteiger partial charge in [-0.25, -0.2) is 0 Å². The highest BCUT2D eigenvalue weighted by molar-refractivity contribution is 6.30. The van der Waals surface area contributed by atoms with Gasteiger partial charge in [-0.05, 0) is 24.6 Å². The molecule has 0 fully saturated rings. The Kier molecular flexibility index (Phi) is 3.72. The van der Waals surface area contributed by atoms with E-state index < -0.39 is 5.54 Å². The maximum absolute atomic E-state index is 11.1. The first kappa shape index (κ1) is 12.0. The fraction of sp³-hybridized carbons (Fsp3) is 0.364. The van der Waals surface area contributed by atoms with E-state index in [-0.39, 0.29) is 12.4 Å². The van der Waals surface area contributed by atoms with Crippen LogP contribution in [0.3, 0.4) is 0 Å². The van der Waals surface area contributed by atoms with Gasteiger partial charge in [0, 0.05) is 10.6 Å². The number of carbonyl (C=O) groups is 1. The minimum atomic E-state index is -0.725. The van der Waals surface area contributed by atoms with Crippen LogP contribution in [0.1, 0.15) is 18.9 Å². The van der Waals surface area contributed by atoms with Gasteiger partial charge in [0.1, 0.15) is 0 Å². The normalized spacial score (nSPS) is 14.4. The van der Waals surface area contributed by atoms with E-state index in [0.717, 1.165) is 5.56 Å². The van der Waals surface area contributed by atoms with Crippen LogP contribution < -0.4 is 5.73 Å². The highest BCUT2D eigenvalue weighted by atomic mass is 35.5. The largest absolute Gasteiger partial charge is 0.469 e. The summed E-state index contributed by atoms with van der Waals surface area (Å²) in [6, 6.07) is 7.12. The fourth-order valence-corrected chi connectivity index (χ4v) is 1.43. The van der Waals surface area contributed by atoms with E-state index in [4.69, 9.17) is 17.3 Å². The number of benzene rings is 1. The van der Waals surface area contributed by atoms with Crippen LogP contribution in [0.5, 0.6) is 0 Å². The second kappa shape index (κ2) is 4.64. The van der Waals surface area contributed by atoms with Crippen molar-refractivity contribution in [3.05, 3.63) is 34.9 Å². The van der Waals surface area contributed by atoms with Crippen LogP contribution in [0.25, 0.3) is 0 Å². The molecule has 0 spiro atoms. The quantitative estimate of drug-likeness (QED) is 0.805. The summed E-state index contributed by atoms with van der Waals surface area (Å²) in [4.78, 5) is 11.1. The highest BCUT2D eigenvalue weighted by Gasteiger charge is 2.25. The second-order valence-corrected chi connectivity index (χ2v) is 4.11. The van der Waals surface area contributed by atoms with Crippen LogP contribution >= 0.6 is 11.6 Å². The third-order valence-corrected chi connectivity index (χ3v) is 2.49. The van der Waals surface area contributed by atoms with E-state index >= 15 is 0 Å². The molecule has 4 heteroatoms. The molecule has 3 nitrogen and oxygen atoms in total. The Morgan fingerprint density at radius 1 is 1.47 bits per heavy atom. The van der Waals surface area contributed by atoms with Crippen LogP contribution in [0, 0.1) is 0 Å². The van der Waals surface area contributed by atoms with Crippen molar-refractivity contribution in [3.63, 3.8) is 0 Å². The number of hydrogen-bond acceptors (Lipinski definition) is 3. The molecule has 0 aromatic heterocycles. The maximum Gasteiger partial charge on any atom is 0.307 e. The van der Waals surface area contributed by atoms with Crippen molar-refractivity contribution in [1.29, 1.82) is 0 Å². The molecular formula is C11H14ClNO2. The minimum absolute atomic E-state index is 0.144. The van der Waals surface area contributed by atoms with Crippen LogP contribution in [0.4, 0.5) is 0 Å². The predicted octanol–water partition coefficient (Wildman–Crippen LogP) is 2.08. The van der Waals surface area contributed by atoms with Crippen molar-refractivity contribution >= 4 is 17.6 Å². The van der Waals surface area contributed by atoms with Crippen LogP contribution in [-0.2, 0) is 15.1 Å². The van der Waals surface area contributed by atoms with Crippen molar-refractivity contribution < 1.29 is 9.53 Å². The molecule has 1 rings (SSSR count). The summed E-state index contributed by atoms with van der Waals surface area (Å²) in [6.07, 6.45) is 0.144. The van der Waals surface area contributed by atoms with Crippen molar-refractivity contribution in [1.82, 2.24) is 0 Å². The molecule has 0 aliphatic heterocycles. The topological polar surface area (TPSA) is 52.3 Å². The molecular weight excluding hydrogens is 214 g/mol. The lowest BCUT2D eigenvalue weighted by Crippen LogP contribution is -2.35. The molecule has 0 amide bonds. The number of nitrogens with two attached hydrogens (primary N) is 1. The zero-order valence-corrected chi connectivity index (χ0v) is 9.54. The first-order valence-electron chi connectivity index (χ1n) is 4.57. The average Bonchev–Trinajstić information content (AvgIpc) is 2.17. The number of carbonyl (C=O) groups excluding carboxylic acids is 1. The van der Waals surface area contributed by atoms with Gasteiger partial charge in [0.2, 0.25) is 0 Å². The molecule has 1 unspecified atom stereocenters. The number of halogens is 1. The molecule has 0 aliphatic carbocycles. The summed E-state index contributed by atoms with van der Waals surface area (Å²) < 4.78 is 4.59.